The zero-order valence-electron chi connectivity index (χ0n) is 24.0. The summed E-state index contributed by atoms with van der Waals surface area (Å²) in [4.78, 5) is 48.9. The van der Waals surface area contributed by atoms with E-state index in [1.54, 1.807) is 26.8 Å². The third kappa shape index (κ3) is 7.22. The lowest BCUT2D eigenvalue weighted by atomic mass is 9.76. The summed E-state index contributed by atoms with van der Waals surface area (Å²) in [5, 5.41) is 5.90. The highest BCUT2D eigenvalue weighted by Gasteiger charge is 2.33. The van der Waals surface area contributed by atoms with Gasteiger partial charge in [0, 0.05) is 41.3 Å². The summed E-state index contributed by atoms with van der Waals surface area (Å²) in [6.07, 6.45) is 5.02. The topological polar surface area (TPSA) is 142 Å². The molecule has 1 saturated carbocycles. The number of ketones is 1. The lowest BCUT2D eigenvalue weighted by Gasteiger charge is -2.31. The van der Waals surface area contributed by atoms with Crippen LogP contribution in [0.2, 0.25) is 0 Å². The first-order valence-corrected chi connectivity index (χ1v) is 13.8. The van der Waals surface area contributed by atoms with Crippen molar-refractivity contribution in [3.05, 3.63) is 47.3 Å². The number of esters is 1. The number of ether oxygens (including phenoxy) is 2. The lowest BCUT2D eigenvalue weighted by molar-refractivity contribution is -0.149. The van der Waals surface area contributed by atoms with E-state index in [0.29, 0.717) is 30.5 Å². The van der Waals surface area contributed by atoms with Gasteiger partial charge in [0.05, 0.1) is 5.56 Å². The number of benzene rings is 1. The number of anilines is 1. The number of hydrogen-bond acceptors (Lipinski definition) is 7. The highest BCUT2D eigenvalue weighted by molar-refractivity contribution is 6.00. The number of nitrogens with one attached hydrogen (secondary N) is 2. The molecule has 10 heteroatoms. The molecule has 0 spiro atoms. The van der Waals surface area contributed by atoms with Gasteiger partial charge in [0.25, 0.3) is 5.91 Å². The molecule has 0 atom stereocenters. The summed E-state index contributed by atoms with van der Waals surface area (Å²) in [5.41, 5.74) is 8.52. The molecule has 2 aliphatic rings. The van der Waals surface area contributed by atoms with E-state index < -0.39 is 23.6 Å². The molecule has 4 rings (SSSR count). The smallest absolute Gasteiger partial charge is 0.408 e. The maximum atomic E-state index is 12.7. The quantitative estimate of drug-likeness (QED) is 0.429. The third-order valence-electron chi connectivity index (χ3n) is 7.23. The zero-order chi connectivity index (χ0) is 29.2. The first-order valence-electron chi connectivity index (χ1n) is 13.8. The van der Waals surface area contributed by atoms with Gasteiger partial charge >= 0.3 is 12.1 Å². The Labute approximate surface area is 235 Å². The fraction of sp³-hybridized carbons (Fsp3) is 0.533. The summed E-state index contributed by atoms with van der Waals surface area (Å²) in [5.74, 6) is -0.891. The SMILES string of the molecule is CC1(C)CC(=O)c2ccn(-c3ccc(C(N)=O)c(NC4CCC(OC(=O)CNC(=O)OC(C)(C)C)CC4)c3)c2C1. The number of nitrogens with two attached hydrogens (primary N) is 1. The second-order valence-corrected chi connectivity index (χ2v) is 12.5. The van der Waals surface area contributed by atoms with Crippen LogP contribution in [0.25, 0.3) is 5.69 Å². The highest BCUT2D eigenvalue weighted by atomic mass is 16.6. The molecule has 2 aliphatic carbocycles. The maximum absolute atomic E-state index is 12.7. The van der Waals surface area contributed by atoms with Crippen molar-refractivity contribution in [3.63, 3.8) is 0 Å². The van der Waals surface area contributed by atoms with Crippen LogP contribution in [0.4, 0.5) is 10.5 Å². The van der Waals surface area contributed by atoms with Crippen LogP contribution in [0.3, 0.4) is 0 Å². The van der Waals surface area contributed by atoms with Gasteiger partial charge in [0.15, 0.2) is 5.78 Å². The number of alkyl carbamates (subject to hydrolysis) is 1. The molecule has 0 bridgehead atoms. The number of amides is 2. The number of rotatable bonds is 7. The number of Topliss-reactive ketones (excluding diaryl/α,β-unsaturated/α-hetero) is 1. The number of carbonyl (C=O) groups is 4. The molecule has 216 valence electrons. The van der Waals surface area contributed by atoms with Crippen LogP contribution in [0.5, 0.6) is 0 Å². The lowest BCUT2D eigenvalue weighted by Crippen LogP contribution is -2.38. The molecule has 0 unspecified atom stereocenters. The minimum Gasteiger partial charge on any atom is -0.461 e. The molecule has 40 heavy (non-hydrogen) atoms. The fourth-order valence-corrected chi connectivity index (χ4v) is 5.43. The highest BCUT2D eigenvalue weighted by Crippen LogP contribution is 2.37. The van der Waals surface area contributed by atoms with Crippen molar-refractivity contribution in [2.75, 3.05) is 11.9 Å². The number of hydrogen-bond donors (Lipinski definition) is 3. The Morgan fingerprint density at radius 2 is 1.77 bits per heavy atom. The van der Waals surface area contributed by atoms with Gasteiger partial charge in [0.1, 0.15) is 18.2 Å². The zero-order valence-corrected chi connectivity index (χ0v) is 24.0. The average molecular weight is 553 g/mol. The van der Waals surface area contributed by atoms with E-state index in [4.69, 9.17) is 15.2 Å². The van der Waals surface area contributed by atoms with Crippen molar-refractivity contribution in [3.8, 4) is 5.69 Å². The van der Waals surface area contributed by atoms with E-state index in [1.807, 2.05) is 29.0 Å². The van der Waals surface area contributed by atoms with Gasteiger partial charge in [-0.3, -0.25) is 14.4 Å². The van der Waals surface area contributed by atoms with Gasteiger partial charge in [-0.25, -0.2) is 4.79 Å². The van der Waals surface area contributed by atoms with Crippen molar-refractivity contribution in [1.82, 2.24) is 9.88 Å². The molecular weight excluding hydrogens is 512 g/mol. The molecule has 1 aromatic heterocycles. The summed E-state index contributed by atoms with van der Waals surface area (Å²) in [6.45, 7) is 9.18. The van der Waals surface area contributed by atoms with E-state index >= 15 is 0 Å². The summed E-state index contributed by atoms with van der Waals surface area (Å²) in [6, 6.07) is 7.39. The number of nitrogens with zero attached hydrogens (tertiary/aromatic N) is 1. The van der Waals surface area contributed by atoms with Gasteiger partial charge in [-0.1, -0.05) is 13.8 Å². The van der Waals surface area contributed by atoms with E-state index in [9.17, 15) is 19.2 Å². The Hall–Kier alpha value is -3.82. The van der Waals surface area contributed by atoms with Crippen LogP contribution in [0.15, 0.2) is 30.5 Å². The molecule has 0 radical (unpaired) electrons. The summed E-state index contributed by atoms with van der Waals surface area (Å²) >= 11 is 0. The van der Waals surface area contributed by atoms with Crippen molar-refractivity contribution >= 4 is 29.4 Å². The molecule has 1 fully saturated rings. The average Bonchev–Trinajstić information content (AvgIpc) is 3.26. The van der Waals surface area contributed by atoms with E-state index in [0.717, 1.165) is 36.2 Å². The predicted octanol–water partition coefficient (Wildman–Crippen LogP) is 4.52. The monoisotopic (exact) mass is 552 g/mol. The van der Waals surface area contributed by atoms with Gasteiger partial charge < -0.3 is 30.4 Å². The number of primary amides is 1. The predicted molar refractivity (Wildman–Crippen MR) is 151 cm³/mol. The standard InChI is InChI=1S/C30H40N4O6/c1-29(2,3)40-28(38)32-17-26(36)39-20-9-6-18(7-10-20)33-23-14-19(8-11-21(23)27(31)37)34-13-12-22-24(34)15-30(4,5)16-25(22)35/h8,11-14,18,20,33H,6-7,9-10,15-17H2,1-5H3,(H2,31,37)(H,32,38). The molecule has 1 heterocycles. The number of fused-ring (bicyclic) bond motifs is 1. The molecule has 1 aromatic carbocycles. The Morgan fingerprint density at radius 3 is 2.42 bits per heavy atom. The normalized spacial score (nSPS) is 20.3. The molecule has 2 aromatic rings. The minimum absolute atomic E-state index is 0.0577. The van der Waals surface area contributed by atoms with Crippen LogP contribution in [-0.2, 0) is 20.7 Å². The first-order chi connectivity index (χ1) is 18.7. The van der Waals surface area contributed by atoms with Crippen LogP contribution < -0.4 is 16.4 Å². The fourth-order valence-electron chi connectivity index (χ4n) is 5.43. The minimum atomic E-state index is -0.666. The van der Waals surface area contributed by atoms with Crippen molar-refractivity contribution < 1.29 is 28.7 Å². The third-order valence-corrected chi connectivity index (χ3v) is 7.23. The summed E-state index contributed by atoms with van der Waals surface area (Å²) < 4.78 is 12.7. The van der Waals surface area contributed by atoms with Crippen molar-refractivity contribution in [2.45, 2.75) is 90.9 Å². The Balaban J connectivity index is 1.38. The van der Waals surface area contributed by atoms with Crippen LogP contribution in [-0.4, -0.2) is 52.6 Å². The van der Waals surface area contributed by atoms with Crippen LogP contribution in [0, 0.1) is 5.41 Å². The van der Waals surface area contributed by atoms with Crippen LogP contribution in [0.1, 0.15) is 93.1 Å². The maximum Gasteiger partial charge on any atom is 0.408 e. The Kier molecular flexibility index (Phi) is 8.28. The Morgan fingerprint density at radius 1 is 1.07 bits per heavy atom. The number of aromatic nitrogens is 1. The van der Waals surface area contributed by atoms with Gasteiger partial charge in [-0.2, -0.15) is 0 Å². The molecule has 0 aliphatic heterocycles. The van der Waals surface area contributed by atoms with Crippen molar-refractivity contribution in [2.24, 2.45) is 11.1 Å². The molecule has 4 N–H and O–H groups in total. The largest absolute Gasteiger partial charge is 0.461 e. The molecular formula is C30H40N4O6. The van der Waals surface area contributed by atoms with Crippen molar-refractivity contribution in [1.29, 1.82) is 0 Å². The van der Waals surface area contributed by atoms with E-state index in [2.05, 4.69) is 24.5 Å². The van der Waals surface area contributed by atoms with E-state index in [1.165, 1.54) is 0 Å². The Bertz CT molecular complexity index is 1300. The van der Waals surface area contributed by atoms with Gasteiger partial charge in [-0.05, 0) is 82.6 Å². The second-order valence-electron chi connectivity index (χ2n) is 12.5. The van der Waals surface area contributed by atoms with Crippen LogP contribution >= 0.6 is 0 Å². The molecule has 0 saturated heterocycles. The molecule has 10 nitrogen and oxygen atoms in total. The number of carbonyl (C=O) groups excluding carboxylic acids is 4. The summed E-state index contributed by atoms with van der Waals surface area (Å²) in [7, 11) is 0. The van der Waals surface area contributed by atoms with E-state index in [-0.39, 0.29) is 29.9 Å². The first kappa shape index (κ1) is 29.2. The second kappa shape index (κ2) is 11.3. The molecule has 2 amide bonds. The van der Waals surface area contributed by atoms with Gasteiger partial charge in [0.2, 0.25) is 0 Å². The van der Waals surface area contributed by atoms with Gasteiger partial charge in [-0.15, -0.1) is 0 Å².